The minimum absolute atomic E-state index is 0.313. The molecule has 5 nitrogen and oxygen atoms in total. The van der Waals surface area contributed by atoms with Crippen molar-refractivity contribution in [2.75, 3.05) is 0 Å². The topological polar surface area (TPSA) is 70.9 Å². The van der Waals surface area contributed by atoms with Crippen molar-refractivity contribution < 1.29 is 23.4 Å². The Bertz CT molecular complexity index is 462. The van der Waals surface area contributed by atoms with Crippen molar-refractivity contribution in [2.24, 2.45) is 5.10 Å². The molecule has 1 aromatic carbocycles. The van der Waals surface area contributed by atoms with E-state index in [2.05, 4.69) is 9.84 Å². The minimum atomic E-state index is -3.46. The Morgan fingerprint density at radius 1 is 1.41 bits per heavy atom. The van der Waals surface area contributed by atoms with Gasteiger partial charge in [0.2, 0.25) is 0 Å². The molecule has 0 radical (unpaired) electrons. The highest BCUT2D eigenvalue weighted by atomic mass is 19.3. The number of benzene rings is 1. The van der Waals surface area contributed by atoms with E-state index in [9.17, 15) is 13.6 Å². The van der Waals surface area contributed by atoms with Gasteiger partial charge in [0.05, 0.1) is 0 Å². The number of ether oxygens (including phenoxy) is 1. The number of alkyl halides is 2. The summed E-state index contributed by atoms with van der Waals surface area (Å²) in [5.74, 6) is -5.82. The third-order valence-corrected chi connectivity index (χ3v) is 2.14. The van der Waals surface area contributed by atoms with E-state index >= 15 is 0 Å². The van der Waals surface area contributed by atoms with Gasteiger partial charge in [-0.15, -0.1) is 5.10 Å². The van der Waals surface area contributed by atoms with Crippen molar-refractivity contribution in [3.8, 4) is 0 Å². The predicted molar refractivity (Wildman–Crippen MR) is 53.4 cm³/mol. The fraction of sp³-hybridized carbons (Fsp3) is 0.200. The lowest BCUT2D eigenvalue weighted by molar-refractivity contribution is -0.146. The first kappa shape index (κ1) is 11.3. The van der Waals surface area contributed by atoms with Crippen LogP contribution in [0, 0.1) is 0 Å². The predicted octanol–water partition coefficient (Wildman–Crippen LogP) is 1.12. The van der Waals surface area contributed by atoms with Crippen molar-refractivity contribution >= 4 is 11.9 Å². The standard InChI is InChI=1S/C10H8F2N2O3/c11-10(12,6-4-2-1-3-5-6)9-14-13-7(17-9)8(15)16/h1-5,7,13H,(H,15,16). The second-order valence-electron chi connectivity index (χ2n) is 3.32. The number of hydrogen-bond donors (Lipinski definition) is 2. The van der Waals surface area contributed by atoms with E-state index in [0.29, 0.717) is 0 Å². The summed E-state index contributed by atoms with van der Waals surface area (Å²) in [5.41, 5.74) is 1.65. The zero-order valence-electron chi connectivity index (χ0n) is 8.43. The van der Waals surface area contributed by atoms with Crippen molar-refractivity contribution in [1.82, 2.24) is 5.43 Å². The monoisotopic (exact) mass is 242 g/mol. The molecule has 1 heterocycles. The highest BCUT2D eigenvalue weighted by Gasteiger charge is 2.45. The Kier molecular flexibility index (Phi) is 2.66. The smallest absolute Gasteiger partial charge is 0.368 e. The van der Waals surface area contributed by atoms with Gasteiger partial charge in [0, 0.05) is 5.56 Å². The molecule has 0 amide bonds. The first-order valence-electron chi connectivity index (χ1n) is 4.68. The summed E-state index contributed by atoms with van der Waals surface area (Å²) in [6.45, 7) is 0. The van der Waals surface area contributed by atoms with Gasteiger partial charge in [0.25, 0.3) is 12.1 Å². The zero-order chi connectivity index (χ0) is 12.5. The molecule has 0 spiro atoms. The molecule has 0 fully saturated rings. The lowest BCUT2D eigenvalue weighted by Gasteiger charge is -2.15. The molecule has 7 heteroatoms. The number of nitrogens with zero attached hydrogens (tertiary/aromatic N) is 1. The molecule has 0 aromatic heterocycles. The summed E-state index contributed by atoms with van der Waals surface area (Å²) in [5, 5.41) is 11.8. The van der Waals surface area contributed by atoms with Crippen molar-refractivity contribution in [3.05, 3.63) is 35.9 Å². The number of hydrazone groups is 1. The third kappa shape index (κ3) is 2.03. The summed E-state index contributed by atoms with van der Waals surface area (Å²) >= 11 is 0. The lowest BCUT2D eigenvalue weighted by atomic mass is 10.1. The normalized spacial score (nSPS) is 19.2. The van der Waals surface area contributed by atoms with Crippen LogP contribution in [0.2, 0.25) is 0 Å². The maximum Gasteiger partial charge on any atom is 0.368 e. The molecule has 0 saturated heterocycles. The van der Waals surface area contributed by atoms with E-state index in [1.807, 2.05) is 5.43 Å². The Labute approximate surface area is 94.7 Å². The number of carboxylic acids is 1. The number of hydrogen-bond acceptors (Lipinski definition) is 4. The van der Waals surface area contributed by atoms with Crippen LogP contribution in [0.5, 0.6) is 0 Å². The summed E-state index contributed by atoms with van der Waals surface area (Å²) < 4.78 is 32.1. The SMILES string of the molecule is O=C(O)C1NN=C(C(F)(F)c2ccccc2)O1. The van der Waals surface area contributed by atoms with Crippen LogP contribution < -0.4 is 5.43 Å². The summed E-state index contributed by atoms with van der Waals surface area (Å²) in [4.78, 5) is 10.5. The molecule has 0 aliphatic carbocycles. The average Bonchev–Trinajstić information content (AvgIpc) is 2.80. The van der Waals surface area contributed by atoms with Gasteiger partial charge in [-0.1, -0.05) is 30.3 Å². The van der Waals surface area contributed by atoms with Crippen LogP contribution >= 0.6 is 0 Å². The highest BCUT2D eigenvalue weighted by Crippen LogP contribution is 2.31. The van der Waals surface area contributed by atoms with Gasteiger partial charge in [-0.25, -0.2) is 4.79 Å². The van der Waals surface area contributed by atoms with Gasteiger partial charge >= 0.3 is 11.9 Å². The minimum Gasteiger partial charge on any atom is -0.477 e. The summed E-state index contributed by atoms with van der Waals surface area (Å²) in [6.07, 6.45) is -1.57. The van der Waals surface area contributed by atoms with E-state index in [-0.39, 0.29) is 5.56 Å². The number of rotatable bonds is 3. The Balaban J connectivity index is 2.21. The number of nitrogens with one attached hydrogen (secondary N) is 1. The van der Waals surface area contributed by atoms with Gasteiger partial charge in [-0.05, 0) is 0 Å². The van der Waals surface area contributed by atoms with Crippen molar-refractivity contribution in [2.45, 2.75) is 12.2 Å². The van der Waals surface area contributed by atoms with Crippen LogP contribution in [-0.2, 0) is 15.5 Å². The fourth-order valence-corrected chi connectivity index (χ4v) is 1.30. The van der Waals surface area contributed by atoms with E-state index < -0.39 is 24.0 Å². The number of carbonyl (C=O) groups is 1. The Morgan fingerprint density at radius 2 is 2.06 bits per heavy atom. The number of carboxylic acid groups (broad SMARTS) is 1. The molecule has 17 heavy (non-hydrogen) atoms. The van der Waals surface area contributed by atoms with Gasteiger partial charge in [-0.3, -0.25) is 5.43 Å². The zero-order valence-corrected chi connectivity index (χ0v) is 8.43. The van der Waals surface area contributed by atoms with Gasteiger partial charge in [-0.2, -0.15) is 8.78 Å². The van der Waals surface area contributed by atoms with Crippen LogP contribution in [0.3, 0.4) is 0 Å². The molecular weight excluding hydrogens is 234 g/mol. The molecule has 0 bridgehead atoms. The van der Waals surface area contributed by atoms with Gasteiger partial charge in [0.15, 0.2) is 0 Å². The molecular formula is C10H8F2N2O3. The van der Waals surface area contributed by atoms with Crippen LogP contribution in [0.1, 0.15) is 5.56 Å². The van der Waals surface area contributed by atoms with Crippen molar-refractivity contribution in [1.29, 1.82) is 0 Å². The molecule has 1 unspecified atom stereocenters. The maximum absolute atomic E-state index is 13.8. The highest BCUT2D eigenvalue weighted by molar-refractivity contribution is 5.88. The molecule has 1 aromatic rings. The van der Waals surface area contributed by atoms with Crippen LogP contribution in [0.25, 0.3) is 0 Å². The first-order chi connectivity index (χ1) is 8.01. The lowest BCUT2D eigenvalue weighted by Crippen LogP contribution is -2.34. The molecule has 90 valence electrons. The molecule has 1 aliphatic rings. The first-order valence-corrected chi connectivity index (χ1v) is 4.68. The van der Waals surface area contributed by atoms with Gasteiger partial charge < -0.3 is 9.84 Å². The second-order valence-corrected chi connectivity index (χ2v) is 3.32. The van der Waals surface area contributed by atoms with Crippen LogP contribution in [0.15, 0.2) is 35.4 Å². The van der Waals surface area contributed by atoms with E-state index in [1.54, 1.807) is 6.07 Å². The quantitative estimate of drug-likeness (QED) is 0.833. The van der Waals surface area contributed by atoms with Gasteiger partial charge in [0.1, 0.15) is 0 Å². The summed E-state index contributed by atoms with van der Waals surface area (Å²) in [7, 11) is 0. The van der Waals surface area contributed by atoms with E-state index in [4.69, 9.17) is 5.11 Å². The second kappa shape index (κ2) is 4.00. The molecule has 1 atom stereocenters. The number of halogens is 2. The Morgan fingerprint density at radius 3 is 2.59 bits per heavy atom. The molecule has 2 N–H and O–H groups in total. The molecule has 0 saturated carbocycles. The molecule has 1 aliphatic heterocycles. The van der Waals surface area contributed by atoms with Crippen LogP contribution in [-0.4, -0.2) is 23.2 Å². The molecule has 2 rings (SSSR count). The van der Waals surface area contributed by atoms with E-state index in [0.717, 1.165) is 0 Å². The maximum atomic E-state index is 13.8. The van der Waals surface area contributed by atoms with E-state index in [1.165, 1.54) is 24.3 Å². The number of aliphatic carboxylic acids is 1. The Hall–Kier alpha value is -2.18. The van der Waals surface area contributed by atoms with Crippen molar-refractivity contribution in [3.63, 3.8) is 0 Å². The average molecular weight is 242 g/mol. The summed E-state index contributed by atoms with van der Waals surface area (Å²) in [6, 6.07) is 6.90. The third-order valence-electron chi connectivity index (χ3n) is 2.14. The van der Waals surface area contributed by atoms with Crippen LogP contribution in [0.4, 0.5) is 8.78 Å². The largest absolute Gasteiger partial charge is 0.477 e. The fourth-order valence-electron chi connectivity index (χ4n) is 1.30.